The van der Waals surface area contributed by atoms with Crippen LogP contribution in [0.2, 0.25) is 0 Å². The van der Waals surface area contributed by atoms with Crippen molar-refractivity contribution >= 4 is 6.09 Å². The highest BCUT2D eigenvalue weighted by atomic mass is 19.1. The van der Waals surface area contributed by atoms with Crippen molar-refractivity contribution in [3.05, 3.63) is 0 Å². The number of halogens is 1. The summed E-state index contributed by atoms with van der Waals surface area (Å²) in [5, 5.41) is 9.62. The molecule has 1 amide bonds. The van der Waals surface area contributed by atoms with Gasteiger partial charge < -0.3 is 14.7 Å². The zero-order chi connectivity index (χ0) is 12.6. The number of hydrogen-bond acceptors (Lipinski definition) is 3. The number of ether oxygens (including phenoxy) is 1. The Morgan fingerprint density at radius 2 is 2.12 bits per heavy atom. The van der Waals surface area contributed by atoms with Crippen molar-refractivity contribution in [2.75, 3.05) is 13.1 Å². The summed E-state index contributed by atoms with van der Waals surface area (Å²) in [6.45, 7) is 6.95. The minimum Gasteiger partial charge on any atom is -0.444 e. The average molecular weight is 233 g/mol. The second kappa shape index (κ2) is 4.20. The number of rotatable bonds is 0. The van der Waals surface area contributed by atoms with Crippen molar-refractivity contribution in [3.63, 3.8) is 0 Å². The Morgan fingerprint density at radius 1 is 1.56 bits per heavy atom. The lowest BCUT2D eigenvalue weighted by atomic mass is 9.92. The summed E-state index contributed by atoms with van der Waals surface area (Å²) in [4.78, 5) is 12.9. The van der Waals surface area contributed by atoms with Crippen LogP contribution in [0.5, 0.6) is 0 Å². The molecule has 0 aliphatic carbocycles. The summed E-state index contributed by atoms with van der Waals surface area (Å²) >= 11 is 0. The number of carbonyl (C=O) groups is 1. The van der Waals surface area contributed by atoms with Crippen molar-refractivity contribution in [1.82, 2.24) is 4.90 Å². The maximum Gasteiger partial charge on any atom is 0.410 e. The molecule has 1 aliphatic rings. The van der Waals surface area contributed by atoms with Gasteiger partial charge in [-0.3, -0.25) is 0 Å². The van der Waals surface area contributed by atoms with Gasteiger partial charge in [-0.15, -0.1) is 0 Å². The van der Waals surface area contributed by atoms with Gasteiger partial charge >= 0.3 is 6.09 Å². The molecule has 1 aliphatic heterocycles. The van der Waals surface area contributed by atoms with Crippen LogP contribution in [-0.2, 0) is 4.74 Å². The molecule has 2 atom stereocenters. The van der Waals surface area contributed by atoms with Crippen LogP contribution in [0.25, 0.3) is 0 Å². The quantitative estimate of drug-likeness (QED) is 0.693. The van der Waals surface area contributed by atoms with Gasteiger partial charge in [-0.25, -0.2) is 9.18 Å². The lowest BCUT2D eigenvalue weighted by Crippen LogP contribution is -2.54. The minimum absolute atomic E-state index is 0.109. The van der Waals surface area contributed by atoms with Gasteiger partial charge in [0.1, 0.15) is 11.8 Å². The zero-order valence-corrected chi connectivity index (χ0v) is 10.3. The third kappa shape index (κ3) is 3.33. The van der Waals surface area contributed by atoms with Crippen LogP contribution in [0, 0.1) is 0 Å². The normalized spacial score (nSPS) is 31.4. The van der Waals surface area contributed by atoms with Crippen molar-refractivity contribution in [2.45, 2.75) is 51.5 Å². The van der Waals surface area contributed by atoms with Crippen LogP contribution in [0.4, 0.5) is 9.18 Å². The van der Waals surface area contributed by atoms with Crippen LogP contribution in [0.1, 0.15) is 34.1 Å². The molecule has 0 aromatic carbocycles. The van der Waals surface area contributed by atoms with E-state index in [1.54, 1.807) is 20.8 Å². The predicted octanol–water partition coefficient (Wildman–Crippen LogP) is 1.72. The Labute approximate surface area is 95.4 Å². The van der Waals surface area contributed by atoms with Crippen molar-refractivity contribution in [3.8, 4) is 0 Å². The molecule has 0 bridgehead atoms. The second-order valence-electron chi connectivity index (χ2n) is 5.50. The number of likely N-dealkylation sites (tertiary alicyclic amines) is 1. The number of amides is 1. The van der Waals surface area contributed by atoms with Gasteiger partial charge in [-0.2, -0.15) is 0 Å². The van der Waals surface area contributed by atoms with Crippen LogP contribution >= 0.6 is 0 Å². The molecule has 0 unspecified atom stereocenters. The monoisotopic (exact) mass is 233 g/mol. The molecule has 0 aromatic rings. The van der Waals surface area contributed by atoms with Gasteiger partial charge in [-0.05, 0) is 34.1 Å². The molecule has 94 valence electrons. The number of hydrogen-bond donors (Lipinski definition) is 1. The van der Waals surface area contributed by atoms with E-state index in [0.29, 0.717) is 6.54 Å². The van der Waals surface area contributed by atoms with E-state index in [0.717, 1.165) is 0 Å². The highest BCUT2D eigenvalue weighted by molar-refractivity contribution is 5.68. The van der Waals surface area contributed by atoms with Gasteiger partial charge in [-0.1, -0.05) is 0 Å². The first-order chi connectivity index (χ1) is 7.12. The first kappa shape index (κ1) is 13.2. The molecule has 1 saturated heterocycles. The molecule has 0 radical (unpaired) electrons. The molecule has 0 saturated carbocycles. The van der Waals surface area contributed by atoms with Gasteiger partial charge in [0.25, 0.3) is 0 Å². The smallest absolute Gasteiger partial charge is 0.410 e. The van der Waals surface area contributed by atoms with Gasteiger partial charge in [0.05, 0.1) is 12.1 Å². The van der Waals surface area contributed by atoms with Crippen molar-refractivity contribution in [1.29, 1.82) is 0 Å². The number of carbonyl (C=O) groups excluding carboxylic acids is 1. The fourth-order valence-corrected chi connectivity index (χ4v) is 1.49. The Morgan fingerprint density at radius 3 is 2.56 bits per heavy atom. The van der Waals surface area contributed by atoms with Crippen LogP contribution < -0.4 is 0 Å². The third-order valence-electron chi connectivity index (χ3n) is 2.60. The van der Waals surface area contributed by atoms with Crippen molar-refractivity contribution < 1.29 is 19.0 Å². The molecule has 1 rings (SSSR count). The van der Waals surface area contributed by atoms with E-state index < -0.39 is 23.5 Å². The first-order valence-electron chi connectivity index (χ1n) is 5.46. The molecule has 5 heteroatoms. The predicted molar refractivity (Wildman–Crippen MR) is 57.9 cm³/mol. The molecule has 1 heterocycles. The van der Waals surface area contributed by atoms with Crippen molar-refractivity contribution in [2.24, 2.45) is 0 Å². The van der Waals surface area contributed by atoms with E-state index in [1.165, 1.54) is 11.8 Å². The highest BCUT2D eigenvalue weighted by Crippen LogP contribution is 2.25. The zero-order valence-electron chi connectivity index (χ0n) is 10.3. The lowest BCUT2D eigenvalue weighted by Gasteiger charge is -2.38. The largest absolute Gasteiger partial charge is 0.444 e. The van der Waals surface area contributed by atoms with Crippen LogP contribution in [-0.4, -0.2) is 46.6 Å². The maximum atomic E-state index is 13.5. The van der Waals surface area contributed by atoms with E-state index in [1.807, 2.05) is 0 Å². The minimum atomic E-state index is -1.42. The average Bonchev–Trinajstić information content (AvgIpc) is 2.06. The van der Waals surface area contributed by atoms with Gasteiger partial charge in [0.2, 0.25) is 0 Å². The summed E-state index contributed by atoms with van der Waals surface area (Å²) in [6.07, 6.45) is -1.72. The summed E-state index contributed by atoms with van der Waals surface area (Å²) in [5.41, 5.74) is -1.92. The molecule has 0 aromatic heterocycles. The van der Waals surface area contributed by atoms with Crippen LogP contribution in [0.15, 0.2) is 0 Å². The Hall–Kier alpha value is -0.840. The van der Waals surface area contributed by atoms with Gasteiger partial charge in [0.15, 0.2) is 0 Å². The van der Waals surface area contributed by atoms with E-state index >= 15 is 0 Å². The van der Waals surface area contributed by atoms with E-state index in [2.05, 4.69) is 0 Å². The SMILES string of the molecule is CC(C)(C)OC(=O)N1CC[C@@](C)(O)[C@@H](F)C1. The first-order valence-corrected chi connectivity index (χ1v) is 5.46. The summed E-state index contributed by atoms with van der Waals surface area (Å²) in [6, 6.07) is 0. The summed E-state index contributed by atoms with van der Waals surface area (Å²) in [7, 11) is 0. The number of nitrogens with zero attached hydrogens (tertiary/aromatic N) is 1. The number of aliphatic hydroxyl groups is 1. The summed E-state index contributed by atoms with van der Waals surface area (Å²) in [5.74, 6) is 0. The third-order valence-corrected chi connectivity index (χ3v) is 2.60. The topological polar surface area (TPSA) is 49.8 Å². The maximum absolute atomic E-state index is 13.5. The molecular formula is C11H20FNO3. The summed E-state index contributed by atoms with van der Waals surface area (Å²) < 4.78 is 18.6. The molecule has 1 N–H and O–H groups in total. The Balaban J connectivity index is 2.55. The molecule has 1 fully saturated rings. The Bertz CT molecular complexity index is 273. The van der Waals surface area contributed by atoms with Crippen LogP contribution in [0.3, 0.4) is 0 Å². The van der Waals surface area contributed by atoms with Gasteiger partial charge in [0, 0.05) is 6.54 Å². The fraction of sp³-hybridized carbons (Fsp3) is 0.909. The van der Waals surface area contributed by atoms with E-state index in [4.69, 9.17) is 4.74 Å². The molecular weight excluding hydrogens is 213 g/mol. The fourth-order valence-electron chi connectivity index (χ4n) is 1.49. The number of piperidine rings is 1. The second-order valence-corrected chi connectivity index (χ2v) is 5.50. The lowest BCUT2D eigenvalue weighted by molar-refractivity contribution is -0.0734. The Kier molecular flexibility index (Phi) is 3.47. The van der Waals surface area contributed by atoms with E-state index in [9.17, 15) is 14.3 Å². The molecule has 4 nitrogen and oxygen atoms in total. The molecule has 16 heavy (non-hydrogen) atoms. The molecule has 0 spiro atoms. The van der Waals surface area contributed by atoms with E-state index in [-0.39, 0.29) is 13.0 Å². The number of alkyl halides is 1. The standard InChI is InChI=1S/C11H20FNO3/c1-10(2,3)16-9(14)13-6-5-11(4,15)8(12)7-13/h8,15H,5-7H2,1-4H3/t8-,11+/m0/s1. The highest BCUT2D eigenvalue weighted by Gasteiger charge is 2.40.